The minimum atomic E-state index is -3.21. The number of benzene rings is 1. The predicted octanol–water partition coefficient (Wildman–Crippen LogP) is 1.57. The van der Waals surface area contributed by atoms with E-state index in [0.29, 0.717) is 5.69 Å². The summed E-state index contributed by atoms with van der Waals surface area (Å²) in [5, 5.41) is 3.78. The van der Waals surface area contributed by atoms with Crippen molar-refractivity contribution in [3.05, 3.63) is 35.7 Å². The summed E-state index contributed by atoms with van der Waals surface area (Å²) in [6.07, 6.45) is 0.446. The molecular weight excluding hydrogens is 344 g/mol. The third kappa shape index (κ3) is 5.60. The molecule has 1 heterocycles. The molecule has 1 amide bonds. The lowest BCUT2D eigenvalue weighted by Gasteiger charge is -2.16. The van der Waals surface area contributed by atoms with Gasteiger partial charge < -0.3 is 15.0 Å². The van der Waals surface area contributed by atoms with Gasteiger partial charge in [0, 0.05) is 36.8 Å². The second-order valence-corrected chi connectivity index (χ2v) is 8.12. The van der Waals surface area contributed by atoms with E-state index in [9.17, 15) is 18.0 Å². The van der Waals surface area contributed by atoms with Gasteiger partial charge in [-0.1, -0.05) is 6.08 Å². The van der Waals surface area contributed by atoms with Crippen LogP contribution >= 0.6 is 0 Å². The number of anilines is 2. The Morgan fingerprint density at radius 3 is 2.44 bits per heavy atom. The van der Waals surface area contributed by atoms with Crippen molar-refractivity contribution >= 4 is 33.1 Å². The topological polar surface area (TPSA) is 92.8 Å². The number of nitrogens with one attached hydrogen (secondary N) is 1. The smallest absolute Gasteiger partial charge is 0.307 e. The molecule has 2 rings (SSSR count). The number of ether oxygens (including phenoxy) is 1. The van der Waals surface area contributed by atoms with E-state index in [1.165, 1.54) is 13.0 Å². The van der Waals surface area contributed by atoms with Crippen LogP contribution in [0.4, 0.5) is 11.4 Å². The number of nitrogens with zero attached hydrogens (tertiary/aromatic N) is 1. The highest BCUT2D eigenvalue weighted by molar-refractivity contribution is 7.94. The summed E-state index contributed by atoms with van der Waals surface area (Å²) in [7, 11) is 0.626. The molecule has 0 saturated heterocycles. The predicted molar refractivity (Wildman–Crippen MR) is 96.0 cm³/mol. The van der Waals surface area contributed by atoms with Gasteiger partial charge in [-0.15, -0.1) is 0 Å². The fourth-order valence-corrected chi connectivity index (χ4v) is 3.77. The normalized spacial score (nSPS) is 19.2. The quantitative estimate of drug-likeness (QED) is 0.768. The molecule has 0 aliphatic carbocycles. The highest BCUT2D eigenvalue weighted by Gasteiger charge is 2.26. The van der Waals surface area contributed by atoms with Crippen LogP contribution in [-0.4, -0.2) is 46.2 Å². The summed E-state index contributed by atoms with van der Waals surface area (Å²) in [6, 6.07) is 7.24. The van der Waals surface area contributed by atoms with E-state index >= 15 is 0 Å². The first-order chi connectivity index (χ1) is 11.7. The van der Waals surface area contributed by atoms with Crippen LogP contribution < -0.4 is 10.2 Å². The average molecular weight is 366 g/mol. The fraction of sp³-hybridized carbons (Fsp3) is 0.412. The van der Waals surface area contributed by atoms with Gasteiger partial charge in [-0.2, -0.15) is 0 Å². The SMILES string of the molecule is C[C@@H](OC(=O)C[C@H]1C=CS(=O)(=O)C1)C(=O)Nc1ccc(N(C)C)cc1. The fourth-order valence-electron chi connectivity index (χ4n) is 2.37. The second-order valence-electron chi connectivity index (χ2n) is 6.18. The number of amides is 1. The molecule has 0 spiro atoms. The molecule has 1 aliphatic heterocycles. The van der Waals surface area contributed by atoms with Crippen molar-refractivity contribution in [3.8, 4) is 0 Å². The van der Waals surface area contributed by atoms with Crippen molar-refractivity contribution in [1.29, 1.82) is 0 Å². The molecule has 0 unspecified atom stereocenters. The Labute approximate surface area is 147 Å². The Hall–Kier alpha value is -2.35. The molecule has 1 aromatic rings. The lowest BCUT2D eigenvalue weighted by Crippen LogP contribution is -2.30. The summed E-state index contributed by atoms with van der Waals surface area (Å²) in [4.78, 5) is 25.9. The van der Waals surface area contributed by atoms with Gasteiger partial charge in [-0.3, -0.25) is 9.59 Å². The standard InChI is InChI=1S/C17H22N2O5S/c1-12(24-16(20)10-13-8-9-25(22,23)11-13)17(21)18-14-4-6-15(7-5-14)19(2)3/h4-9,12-13H,10-11H2,1-3H3,(H,18,21)/t12-,13-/m1/s1. The Morgan fingerprint density at radius 1 is 1.28 bits per heavy atom. The zero-order valence-corrected chi connectivity index (χ0v) is 15.2. The van der Waals surface area contributed by atoms with Gasteiger partial charge in [-0.25, -0.2) is 8.42 Å². The number of sulfone groups is 1. The molecule has 0 aromatic heterocycles. The average Bonchev–Trinajstić information content (AvgIpc) is 2.86. The van der Waals surface area contributed by atoms with Gasteiger partial charge in [0.15, 0.2) is 15.9 Å². The van der Waals surface area contributed by atoms with Crippen LogP contribution in [0.15, 0.2) is 35.7 Å². The van der Waals surface area contributed by atoms with Gasteiger partial charge in [0.25, 0.3) is 5.91 Å². The molecule has 136 valence electrons. The van der Waals surface area contributed by atoms with Crippen molar-refractivity contribution in [2.24, 2.45) is 5.92 Å². The maximum absolute atomic E-state index is 12.1. The monoisotopic (exact) mass is 366 g/mol. The highest BCUT2D eigenvalue weighted by atomic mass is 32.2. The summed E-state index contributed by atoms with van der Waals surface area (Å²) in [5.41, 5.74) is 1.60. The van der Waals surface area contributed by atoms with Gasteiger partial charge in [-0.05, 0) is 31.2 Å². The number of carbonyl (C=O) groups is 2. The van der Waals surface area contributed by atoms with Crippen molar-refractivity contribution in [3.63, 3.8) is 0 Å². The third-order valence-corrected chi connectivity index (χ3v) is 5.23. The second kappa shape index (κ2) is 7.69. The van der Waals surface area contributed by atoms with Crippen molar-refractivity contribution < 1.29 is 22.7 Å². The van der Waals surface area contributed by atoms with Gasteiger partial charge in [0.05, 0.1) is 12.2 Å². The Kier molecular flexibility index (Phi) is 5.84. The minimum Gasteiger partial charge on any atom is -0.453 e. The van der Waals surface area contributed by atoms with Crippen molar-refractivity contribution in [2.75, 3.05) is 30.1 Å². The van der Waals surface area contributed by atoms with E-state index in [-0.39, 0.29) is 12.2 Å². The number of rotatable bonds is 6. The lowest BCUT2D eigenvalue weighted by atomic mass is 10.1. The maximum atomic E-state index is 12.1. The largest absolute Gasteiger partial charge is 0.453 e. The molecule has 1 aromatic carbocycles. The number of hydrogen-bond donors (Lipinski definition) is 1. The first kappa shape index (κ1) is 19.0. The summed E-state index contributed by atoms with van der Waals surface area (Å²) in [5.74, 6) is -1.54. The van der Waals surface area contributed by atoms with E-state index in [1.54, 1.807) is 12.1 Å². The molecule has 7 nitrogen and oxygen atoms in total. The van der Waals surface area contributed by atoms with Crippen LogP contribution in [0.5, 0.6) is 0 Å². The van der Waals surface area contributed by atoms with Crippen LogP contribution in [0.2, 0.25) is 0 Å². The van der Waals surface area contributed by atoms with Crippen LogP contribution in [0.3, 0.4) is 0 Å². The number of allylic oxidation sites excluding steroid dienone is 1. The zero-order valence-electron chi connectivity index (χ0n) is 14.4. The molecule has 0 saturated carbocycles. The zero-order chi connectivity index (χ0) is 18.6. The summed E-state index contributed by atoms with van der Waals surface area (Å²) >= 11 is 0. The molecule has 1 N–H and O–H groups in total. The first-order valence-corrected chi connectivity index (χ1v) is 9.56. The number of esters is 1. The molecule has 1 aliphatic rings. The molecule has 25 heavy (non-hydrogen) atoms. The molecule has 8 heteroatoms. The number of hydrogen-bond acceptors (Lipinski definition) is 6. The third-order valence-electron chi connectivity index (χ3n) is 3.76. The molecule has 0 radical (unpaired) electrons. The Morgan fingerprint density at radius 2 is 1.92 bits per heavy atom. The van der Waals surface area contributed by atoms with Gasteiger partial charge in [0.1, 0.15) is 0 Å². The first-order valence-electron chi connectivity index (χ1n) is 7.85. The van der Waals surface area contributed by atoms with Crippen LogP contribution in [0, 0.1) is 5.92 Å². The van der Waals surface area contributed by atoms with Gasteiger partial charge in [0.2, 0.25) is 0 Å². The Balaban J connectivity index is 1.83. The van der Waals surface area contributed by atoms with E-state index in [2.05, 4.69) is 5.32 Å². The van der Waals surface area contributed by atoms with Crippen LogP contribution in [0.25, 0.3) is 0 Å². The van der Waals surface area contributed by atoms with E-state index in [1.807, 2.05) is 31.1 Å². The minimum absolute atomic E-state index is 0.0646. The molecule has 2 atom stereocenters. The molecular formula is C17H22N2O5S. The van der Waals surface area contributed by atoms with E-state index in [0.717, 1.165) is 11.1 Å². The Bertz CT molecular complexity index is 769. The maximum Gasteiger partial charge on any atom is 0.307 e. The molecule has 0 bridgehead atoms. The van der Waals surface area contributed by atoms with Gasteiger partial charge >= 0.3 is 5.97 Å². The summed E-state index contributed by atoms with van der Waals surface area (Å²) < 4.78 is 27.7. The molecule has 0 fully saturated rings. The lowest BCUT2D eigenvalue weighted by molar-refractivity contribution is -0.153. The van der Waals surface area contributed by atoms with Crippen LogP contribution in [-0.2, 0) is 24.2 Å². The van der Waals surface area contributed by atoms with E-state index in [4.69, 9.17) is 4.74 Å². The van der Waals surface area contributed by atoms with Crippen molar-refractivity contribution in [2.45, 2.75) is 19.4 Å². The highest BCUT2D eigenvalue weighted by Crippen LogP contribution is 2.19. The van der Waals surface area contributed by atoms with E-state index < -0.39 is 33.7 Å². The van der Waals surface area contributed by atoms with Crippen molar-refractivity contribution in [1.82, 2.24) is 0 Å². The van der Waals surface area contributed by atoms with Crippen LogP contribution in [0.1, 0.15) is 13.3 Å². The summed E-state index contributed by atoms with van der Waals surface area (Å²) in [6.45, 7) is 1.47. The number of carbonyl (C=O) groups excluding carboxylic acids is 2.